The van der Waals surface area contributed by atoms with Gasteiger partial charge in [0.25, 0.3) is 5.96 Å². The van der Waals surface area contributed by atoms with Gasteiger partial charge in [0.05, 0.1) is 5.09 Å². The number of nitrogens with zero attached hydrogens (tertiary/aromatic N) is 2. The van der Waals surface area contributed by atoms with Crippen LogP contribution in [0.15, 0.2) is 29.4 Å². The van der Waals surface area contributed by atoms with Gasteiger partial charge in [0.1, 0.15) is 0 Å². The smallest absolute Gasteiger partial charge is 0.256 e. The summed E-state index contributed by atoms with van der Waals surface area (Å²) in [6.07, 6.45) is 1.72. The minimum Gasteiger partial charge on any atom is -0.365 e. The van der Waals surface area contributed by atoms with E-state index in [0.29, 0.717) is 0 Å². The fourth-order valence-corrected chi connectivity index (χ4v) is 0.844. The highest BCUT2D eigenvalue weighted by molar-refractivity contribution is 5.76. The quantitative estimate of drug-likeness (QED) is 0.247. The molecule has 17 heavy (non-hydrogen) atoms. The van der Waals surface area contributed by atoms with Crippen LogP contribution in [0.1, 0.15) is 11.1 Å². The Morgan fingerprint density at radius 1 is 1.35 bits per heavy atom. The number of hydrogen-bond acceptors (Lipinski definition) is 4. The third-order valence-electron chi connectivity index (χ3n) is 1.50. The van der Waals surface area contributed by atoms with Gasteiger partial charge in [0.2, 0.25) is 6.21 Å². The molecule has 0 fully saturated rings. The van der Waals surface area contributed by atoms with Crippen LogP contribution in [0.3, 0.4) is 0 Å². The number of nitrogens with one attached hydrogen (secondary N) is 1. The van der Waals surface area contributed by atoms with Crippen LogP contribution in [0.2, 0.25) is 0 Å². The first kappa shape index (κ1) is 14.4. The Kier molecular flexibility index (Phi) is 6.44. The van der Waals surface area contributed by atoms with Crippen molar-refractivity contribution in [1.29, 1.82) is 0 Å². The largest absolute Gasteiger partial charge is 0.365 e. The highest BCUT2D eigenvalue weighted by Gasteiger charge is 1.90. The van der Waals surface area contributed by atoms with Gasteiger partial charge < -0.3 is 26.8 Å². The molecule has 5 N–H and O–H groups in total. The summed E-state index contributed by atoms with van der Waals surface area (Å²) in [6, 6.07) is 7.99. The van der Waals surface area contributed by atoms with E-state index in [2.05, 4.69) is 10.2 Å². The molecule has 0 heterocycles. The number of nitrogens with two attached hydrogens (primary N) is 2. The second kappa shape index (κ2) is 7.63. The molecule has 1 aromatic carbocycles. The predicted molar refractivity (Wildman–Crippen MR) is 63.5 cm³/mol. The van der Waals surface area contributed by atoms with E-state index in [0.717, 1.165) is 5.56 Å². The maximum absolute atomic E-state index is 8.25. The first-order chi connectivity index (χ1) is 7.91. The summed E-state index contributed by atoms with van der Waals surface area (Å²) in [7, 11) is 0. The maximum Gasteiger partial charge on any atom is 0.256 e. The standard InChI is InChI=1S/C9H12N4.NO3/c1-7-2-4-8(5-3-7)6-12-13-9(10)11;2-1(3)4/h2-6H,1H3,(H4,10,11,13);/q;-1/p+1/b12-6+;. The first-order valence-electron chi connectivity index (χ1n) is 4.47. The van der Waals surface area contributed by atoms with E-state index >= 15 is 0 Å². The van der Waals surface area contributed by atoms with Crippen LogP contribution in [-0.2, 0) is 0 Å². The zero-order valence-electron chi connectivity index (χ0n) is 9.16. The molecule has 0 radical (unpaired) electrons. The Morgan fingerprint density at radius 2 is 1.82 bits per heavy atom. The zero-order chi connectivity index (χ0) is 13.3. The molecule has 0 aliphatic carbocycles. The molecule has 0 aromatic heterocycles. The van der Waals surface area contributed by atoms with Gasteiger partial charge in [-0.3, -0.25) is 0 Å². The van der Waals surface area contributed by atoms with Gasteiger partial charge in [-0.05, 0) is 19.1 Å². The number of rotatable bonds is 2. The molecule has 92 valence electrons. The van der Waals surface area contributed by atoms with Gasteiger partial charge in [0, 0.05) is 10.7 Å². The van der Waals surface area contributed by atoms with E-state index < -0.39 is 5.09 Å². The average molecular weight is 239 g/mol. The summed E-state index contributed by atoms with van der Waals surface area (Å²) >= 11 is 0. The second-order valence-corrected chi connectivity index (χ2v) is 2.94. The fraction of sp³-hybridized carbons (Fsp3) is 0.111. The Morgan fingerprint density at radius 3 is 2.24 bits per heavy atom. The Balaban J connectivity index is 0.000000557. The number of hydrazone groups is 1. The highest BCUT2D eigenvalue weighted by Crippen LogP contribution is 1.98. The number of hydrogen-bond donors (Lipinski definition) is 3. The van der Waals surface area contributed by atoms with Crippen molar-refractivity contribution in [2.24, 2.45) is 16.6 Å². The van der Waals surface area contributed by atoms with Crippen molar-refractivity contribution in [3.8, 4) is 0 Å². The number of guanidine groups is 1. The zero-order valence-corrected chi connectivity index (χ0v) is 9.16. The van der Waals surface area contributed by atoms with Gasteiger partial charge in [-0.25, -0.2) is 0 Å². The van der Waals surface area contributed by atoms with Crippen LogP contribution >= 0.6 is 0 Å². The minimum atomic E-state index is -1.75. The van der Waals surface area contributed by atoms with Crippen LogP contribution in [0.4, 0.5) is 0 Å². The summed E-state index contributed by atoms with van der Waals surface area (Å²) in [5.74, 6) is 0.0170. The molecule has 0 unspecified atom stereocenters. The summed E-state index contributed by atoms with van der Waals surface area (Å²) in [4.78, 5) is 8.25. The van der Waals surface area contributed by atoms with Crippen LogP contribution in [0.5, 0.6) is 0 Å². The molecule has 8 nitrogen and oxygen atoms in total. The Hall–Kier alpha value is -2.64. The lowest BCUT2D eigenvalue weighted by Crippen LogP contribution is -2.63. The Labute approximate surface area is 97.4 Å². The van der Waals surface area contributed by atoms with Crippen molar-refractivity contribution >= 4 is 12.2 Å². The minimum absolute atomic E-state index is 0.0170. The average Bonchev–Trinajstić information content (AvgIpc) is 2.19. The summed E-state index contributed by atoms with van der Waals surface area (Å²) < 4.78 is 0. The normalized spacial score (nSPS) is 9.24. The molecular weight excluding hydrogens is 226 g/mol. The van der Waals surface area contributed by atoms with Gasteiger partial charge in [-0.2, -0.15) is 0 Å². The van der Waals surface area contributed by atoms with E-state index in [4.69, 9.17) is 26.8 Å². The van der Waals surface area contributed by atoms with E-state index in [9.17, 15) is 0 Å². The van der Waals surface area contributed by atoms with Crippen molar-refractivity contribution in [2.45, 2.75) is 6.92 Å². The highest BCUT2D eigenvalue weighted by atomic mass is 16.9. The monoisotopic (exact) mass is 239 g/mol. The van der Waals surface area contributed by atoms with Crippen molar-refractivity contribution in [1.82, 2.24) is 0 Å². The van der Waals surface area contributed by atoms with Crippen molar-refractivity contribution in [2.75, 3.05) is 0 Å². The van der Waals surface area contributed by atoms with E-state index in [1.54, 1.807) is 6.21 Å². The molecule has 1 aromatic rings. The molecule has 8 heteroatoms. The molecule has 0 spiro atoms. The lowest BCUT2D eigenvalue weighted by Gasteiger charge is -1.89. The number of aryl methyl sites for hydroxylation is 1. The lowest BCUT2D eigenvalue weighted by molar-refractivity contribution is -0.456. The molecule has 1 rings (SSSR count). The van der Waals surface area contributed by atoms with Crippen LogP contribution in [-0.4, -0.2) is 17.3 Å². The summed E-state index contributed by atoms with van der Waals surface area (Å²) in [5.41, 5.74) is 12.5. The molecule has 0 atom stereocenters. The summed E-state index contributed by atoms with van der Waals surface area (Å²) in [5, 5.41) is 21.0. The maximum atomic E-state index is 8.25. The third-order valence-corrected chi connectivity index (χ3v) is 1.50. The Bertz CT molecular complexity index is 405. The molecule has 0 aliphatic rings. The third kappa shape index (κ3) is 9.66. The van der Waals surface area contributed by atoms with Gasteiger partial charge in [0.15, 0.2) is 0 Å². The van der Waals surface area contributed by atoms with Crippen LogP contribution in [0, 0.1) is 22.2 Å². The van der Waals surface area contributed by atoms with E-state index in [1.807, 2.05) is 31.2 Å². The van der Waals surface area contributed by atoms with Crippen LogP contribution < -0.4 is 16.6 Å². The number of benzene rings is 1. The molecule has 0 aliphatic heterocycles. The fourth-order valence-electron chi connectivity index (χ4n) is 0.844. The SMILES string of the molecule is Cc1ccc(/C=[NH+]/N=C(N)N)cc1.O=[N+]([O-])[O-]. The topological polar surface area (TPSA) is 145 Å². The predicted octanol–water partition coefficient (Wildman–Crippen LogP) is -1.56. The van der Waals surface area contributed by atoms with Gasteiger partial charge >= 0.3 is 0 Å². The van der Waals surface area contributed by atoms with Gasteiger partial charge in [-0.15, -0.1) is 5.10 Å². The molecule has 0 bridgehead atoms. The van der Waals surface area contributed by atoms with Crippen molar-refractivity contribution in [3.63, 3.8) is 0 Å². The molecular formula is C9H13N5O3. The van der Waals surface area contributed by atoms with Crippen molar-refractivity contribution < 1.29 is 10.2 Å². The van der Waals surface area contributed by atoms with Crippen LogP contribution in [0.25, 0.3) is 0 Å². The van der Waals surface area contributed by atoms with E-state index in [1.165, 1.54) is 5.56 Å². The lowest BCUT2D eigenvalue weighted by atomic mass is 10.2. The van der Waals surface area contributed by atoms with E-state index in [-0.39, 0.29) is 5.96 Å². The molecule has 0 amide bonds. The summed E-state index contributed by atoms with van der Waals surface area (Å²) in [6.45, 7) is 2.03. The second-order valence-electron chi connectivity index (χ2n) is 2.94. The van der Waals surface area contributed by atoms with Gasteiger partial charge in [-0.1, -0.05) is 17.7 Å². The molecule has 0 saturated carbocycles. The molecule has 0 saturated heterocycles. The first-order valence-corrected chi connectivity index (χ1v) is 4.47. The van der Waals surface area contributed by atoms with Crippen molar-refractivity contribution in [3.05, 3.63) is 50.7 Å².